The highest BCUT2D eigenvalue weighted by molar-refractivity contribution is 5.56. The van der Waals surface area contributed by atoms with E-state index in [-0.39, 0.29) is 0 Å². The number of benzene rings is 1. The molecule has 0 heterocycles. The van der Waals surface area contributed by atoms with Crippen LogP contribution in [-0.4, -0.2) is 13.6 Å². The SMILES string of the molecule is CCCCCCCCCCN(C)c1ccc(C=CC=CC=CC#N)cc1. The molecule has 2 heteroatoms. The Hall–Kier alpha value is -2.27. The van der Waals surface area contributed by atoms with Gasteiger partial charge in [-0.3, -0.25) is 0 Å². The Morgan fingerprint density at radius 3 is 2.12 bits per heavy atom. The van der Waals surface area contributed by atoms with Crippen LogP contribution in [0.4, 0.5) is 5.69 Å². The number of rotatable bonds is 13. The summed E-state index contributed by atoms with van der Waals surface area (Å²) < 4.78 is 0. The van der Waals surface area contributed by atoms with Crippen molar-refractivity contribution in [1.29, 1.82) is 5.26 Å². The van der Waals surface area contributed by atoms with Crippen LogP contribution in [0.1, 0.15) is 63.9 Å². The van der Waals surface area contributed by atoms with Crippen molar-refractivity contribution in [3.05, 3.63) is 60.2 Å². The second-order valence-electron chi connectivity index (χ2n) is 6.72. The molecule has 0 atom stereocenters. The fraction of sp³-hybridized carbons (Fsp3) is 0.458. The summed E-state index contributed by atoms with van der Waals surface area (Å²) in [6.07, 6.45) is 21.9. The molecule has 0 fully saturated rings. The van der Waals surface area contributed by atoms with Crippen molar-refractivity contribution in [2.24, 2.45) is 0 Å². The number of unbranched alkanes of at least 4 members (excludes halogenated alkanes) is 7. The lowest BCUT2D eigenvalue weighted by Gasteiger charge is -2.19. The Bertz CT molecular complexity index is 588. The minimum absolute atomic E-state index is 1.12. The van der Waals surface area contributed by atoms with Crippen molar-refractivity contribution in [3.8, 4) is 6.07 Å². The standard InChI is InChI=1S/C24H34N2/c1-3-4-5-6-7-8-12-15-22-26(2)24-19-17-23(18-20-24)16-13-10-9-11-14-21-25/h9-11,13-14,16-20H,3-8,12,15,22H2,1-2H3. The average Bonchev–Trinajstić information content (AvgIpc) is 2.67. The van der Waals surface area contributed by atoms with Crippen LogP contribution in [0.5, 0.6) is 0 Å². The summed E-state index contributed by atoms with van der Waals surface area (Å²) in [5, 5.41) is 8.40. The van der Waals surface area contributed by atoms with E-state index in [0.29, 0.717) is 0 Å². The van der Waals surface area contributed by atoms with Crippen molar-refractivity contribution in [2.75, 3.05) is 18.5 Å². The van der Waals surface area contributed by atoms with E-state index in [2.05, 4.69) is 49.2 Å². The van der Waals surface area contributed by atoms with Gasteiger partial charge in [0.05, 0.1) is 6.07 Å². The Labute approximate surface area is 160 Å². The van der Waals surface area contributed by atoms with Gasteiger partial charge >= 0.3 is 0 Å². The van der Waals surface area contributed by atoms with Gasteiger partial charge in [0.25, 0.3) is 0 Å². The first-order valence-electron chi connectivity index (χ1n) is 9.98. The number of nitriles is 1. The molecule has 140 valence electrons. The molecule has 0 aliphatic carbocycles. The summed E-state index contributed by atoms with van der Waals surface area (Å²) in [6, 6.07) is 10.6. The van der Waals surface area contributed by atoms with Gasteiger partial charge in [-0.15, -0.1) is 0 Å². The fourth-order valence-corrected chi connectivity index (χ4v) is 2.85. The van der Waals surface area contributed by atoms with E-state index >= 15 is 0 Å². The van der Waals surface area contributed by atoms with E-state index in [1.807, 2.05) is 24.3 Å². The first-order chi connectivity index (χ1) is 12.8. The van der Waals surface area contributed by atoms with Gasteiger partial charge in [0.2, 0.25) is 0 Å². The van der Waals surface area contributed by atoms with Crippen molar-refractivity contribution < 1.29 is 0 Å². The van der Waals surface area contributed by atoms with Gasteiger partial charge in [0.1, 0.15) is 0 Å². The zero-order valence-corrected chi connectivity index (χ0v) is 16.5. The van der Waals surface area contributed by atoms with Gasteiger partial charge in [-0.25, -0.2) is 0 Å². The Kier molecular flexibility index (Phi) is 12.6. The van der Waals surface area contributed by atoms with Crippen molar-refractivity contribution >= 4 is 11.8 Å². The number of nitrogens with zero attached hydrogens (tertiary/aromatic N) is 2. The minimum atomic E-state index is 1.12. The molecule has 0 bridgehead atoms. The first-order valence-corrected chi connectivity index (χ1v) is 9.98. The van der Waals surface area contributed by atoms with Crippen molar-refractivity contribution in [3.63, 3.8) is 0 Å². The van der Waals surface area contributed by atoms with E-state index in [1.54, 1.807) is 6.08 Å². The summed E-state index contributed by atoms with van der Waals surface area (Å²) in [7, 11) is 2.18. The van der Waals surface area contributed by atoms with Crippen LogP contribution in [0.15, 0.2) is 54.6 Å². The predicted octanol–water partition coefficient (Wildman–Crippen LogP) is 6.91. The normalized spacial score (nSPS) is 11.6. The van der Waals surface area contributed by atoms with Crippen LogP contribution in [0.3, 0.4) is 0 Å². The molecular weight excluding hydrogens is 316 g/mol. The molecule has 0 saturated carbocycles. The maximum Gasteiger partial charge on any atom is 0.0912 e. The summed E-state index contributed by atoms with van der Waals surface area (Å²) in [5.41, 5.74) is 2.46. The second-order valence-corrected chi connectivity index (χ2v) is 6.72. The number of hydrogen-bond acceptors (Lipinski definition) is 2. The molecule has 0 saturated heterocycles. The van der Waals surface area contributed by atoms with Gasteiger partial charge in [0, 0.05) is 25.4 Å². The molecule has 0 aromatic heterocycles. The lowest BCUT2D eigenvalue weighted by Crippen LogP contribution is -2.18. The zero-order valence-electron chi connectivity index (χ0n) is 16.5. The second kappa shape index (κ2) is 15.0. The van der Waals surface area contributed by atoms with Crippen molar-refractivity contribution in [1.82, 2.24) is 0 Å². The summed E-state index contributed by atoms with van der Waals surface area (Å²) in [6.45, 7) is 3.39. The summed E-state index contributed by atoms with van der Waals surface area (Å²) in [4.78, 5) is 2.34. The summed E-state index contributed by atoms with van der Waals surface area (Å²) >= 11 is 0. The molecule has 26 heavy (non-hydrogen) atoms. The molecule has 0 amide bonds. The van der Waals surface area contributed by atoms with Gasteiger partial charge in [-0.2, -0.15) is 5.26 Å². The third kappa shape index (κ3) is 10.6. The highest BCUT2D eigenvalue weighted by atomic mass is 15.1. The monoisotopic (exact) mass is 350 g/mol. The Morgan fingerprint density at radius 2 is 1.46 bits per heavy atom. The highest BCUT2D eigenvalue weighted by Crippen LogP contribution is 2.16. The molecule has 1 aromatic carbocycles. The molecule has 0 aliphatic rings. The quantitative estimate of drug-likeness (QED) is 0.219. The van der Waals surface area contributed by atoms with Gasteiger partial charge in [-0.05, 0) is 24.1 Å². The third-order valence-electron chi connectivity index (χ3n) is 4.47. The maximum absolute atomic E-state index is 8.40. The number of hydrogen-bond donors (Lipinski definition) is 0. The van der Waals surface area contributed by atoms with Gasteiger partial charge < -0.3 is 4.90 Å². The molecule has 0 radical (unpaired) electrons. The van der Waals surface area contributed by atoms with E-state index < -0.39 is 0 Å². The van der Waals surface area contributed by atoms with Crippen LogP contribution < -0.4 is 4.90 Å². The van der Waals surface area contributed by atoms with Crippen LogP contribution in [0, 0.1) is 11.3 Å². The largest absolute Gasteiger partial charge is 0.375 e. The molecule has 2 nitrogen and oxygen atoms in total. The van der Waals surface area contributed by atoms with E-state index in [1.165, 1.54) is 68.7 Å². The fourth-order valence-electron chi connectivity index (χ4n) is 2.85. The maximum atomic E-state index is 8.40. The minimum Gasteiger partial charge on any atom is -0.375 e. The lowest BCUT2D eigenvalue weighted by atomic mass is 10.1. The molecule has 0 unspecified atom stereocenters. The lowest BCUT2D eigenvalue weighted by molar-refractivity contribution is 0.575. The van der Waals surface area contributed by atoms with Crippen LogP contribution in [0.25, 0.3) is 6.08 Å². The zero-order chi connectivity index (χ0) is 18.9. The van der Waals surface area contributed by atoms with E-state index in [0.717, 1.165) is 6.54 Å². The average molecular weight is 351 g/mol. The molecule has 0 spiro atoms. The molecule has 1 rings (SSSR count). The summed E-state index contributed by atoms with van der Waals surface area (Å²) in [5.74, 6) is 0. The topological polar surface area (TPSA) is 27.0 Å². The smallest absolute Gasteiger partial charge is 0.0912 e. The molecule has 0 N–H and O–H groups in total. The van der Waals surface area contributed by atoms with Gasteiger partial charge in [-0.1, -0.05) is 94.4 Å². The predicted molar refractivity (Wildman–Crippen MR) is 115 cm³/mol. The van der Waals surface area contributed by atoms with Crippen molar-refractivity contribution in [2.45, 2.75) is 58.3 Å². The third-order valence-corrected chi connectivity index (χ3v) is 4.47. The molecule has 1 aromatic rings. The Morgan fingerprint density at radius 1 is 0.846 bits per heavy atom. The molecule has 0 aliphatic heterocycles. The van der Waals surface area contributed by atoms with Crippen LogP contribution >= 0.6 is 0 Å². The van der Waals surface area contributed by atoms with Crippen LogP contribution in [0.2, 0.25) is 0 Å². The number of anilines is 1. The Balaban J connectivity index is 2.25. The van der Waals surface area contributed by atoms with E-state index in [4.69, 9.17) is 5.26 Å². The van der Waals surface area contributed by atoms with E-state index in [9.17, 15) is 0 Å². The number of allylic oxidation sites excluding steroid dienone is 5. The first kappa shape index (κ1) is 21.8. The van der Waals surface area contributed by atoms with Gasteiger partial charge in [0.15, 0.2) is 0 Å². The highest BCUT2D eigenvalue weighted by Gasteiger charge is 2.00. The molecular formula is C24H34N2. The van der Waals surface area contributed by atoms with Crippen LogP contribution in [-0.2, 0) is 0 Å².